The van der Waals surface area contributed by atoms with Gasteiger partial charge in [-0.25, -0.2) is 13.2 Å². The summed E-state index contributed by atoms with van der Waals surface area (Å²) >= 11 is 12.0. The summed E-state index contributed by atoms with van der Waals surface area (Å²) in [5.41, 5.74) is 0.626. The van der Waals surface area contributed by atoms with Crippen LogP contribution in [-0.2, 0) is 19.6 Å². The average molecular weight is 459 g/mol. The molecule has 0 heterocycles. The van der Waals surface area contributed by atoms with Gasteiger partial charge in [-0.2, -0.15) is 0 Å². The van der Waals surface area contributed by atoms with Crippen molar-refractivity contribution in [3.8, 4) is 0 Å². The highest BCUT2D eigenvalue weighted by Crippen LogP contribution is 2.27. The molecule has 0 spiro atoms. The molecule has 0 bridgehead atoms. The largest absolute Gasteiger partial charge is 0.465 e. The topological polar surface area (TPSA) is 92.8 Å². The maximum absolute atomic E-state index is 12.9. The number of amides is 1. The van der Waals surface area contributed by atoms with Gasteiger partial charge in [-0.05, 0) is 42.8 Å². The van der Waals surface area contributed by atoms with E-state index in [1.165, 1.54) is 31.4 Å². The monoisotopic (exact) mass is 458 g/mol. The molecule has 0 aliphatic carbocycles. The molecule has 2 aromatic rings. The van der Waals surface area contributed by atoms with Gasteiger partial charge in [0.25, 0.3) is 0 Å². The molecule has 1 atom stereocenters. The quantitative estimate of drug-likeness (QED) is 0.633. The van der Waals surface area contributed by atoms with Crippen molar-refractivity contribution in [2.75, 3.05) is 23.0 Å². The van der Waals surface area contributed by atoms with E-state index in [-0.39, 0.29) is 28.4 Å². The van der Waals surface area contributed by atoms with E-state index in [2.05, 4.69) is 10.1 Å². The van der Waals surface area contributed by atoms with E-state index in [0.29, 0.717) is 5.02 Å². The summed E-state index contributed by atoms with van der Waals surface area (Å²) in [6.45, 7) is 1.69. The van der Waals surface area contributed by atoms with Crippen LogP contribution in [0, 0.1) is 0 Å². The minimum atomic E-state index is -3.80. The van der Waals surface area contributed by atoms with Crippen LogP contribution in [0.25, 0.3) is 0 Å². The summed E-state index contributed by atoms with van der Waals surface area (Å²) in [6, 6.07) is 9.50. The van der Waals surface area contributed by atoms with Crippen LogP contribution in [0.5, 0.6) is 0 Å². The van der Waals surface area contributed by atoms with Crippen molar-refractivity contribution < 1.29 is 22.7 Å². The fraction of sp³-hybridized carbons (Fsp3) is 0.263. The smallest absolute Gasteiger partial charge is 0.339 e. The highest BCUT2D eigenvalue weighted by Gasteiger charge is 2.31. The molecule has 0 aliphatic rings. The molecule has 0 saturated carbocycles. The molecule has 0 aliphatic heterocycles. The first kappa shape index (κ1) is 23.0. The zero-order valence-electron chi connectivity index (χ0n) is 16.0. The van der Waals surface area contributed by atoms with Gasteiger partial charge in [0.05, 0.1) is 29.6 Å². The van der Waals surface area contributed by atoms with Crippen molar-refractivity contribution in [1.82, 2.24) is 0 Å². The van der Waals surface area contributed by atoms with E-state index < -0.39 is 27.9 Å². The Morgan fingerprint density at radius 3 is 2.41 bits per heavy atom. The molecule has 2 rings (SSSR count). The van der Waals surface area contributed by atoms with E-state index in [9.17, 15) is 18.0 Å². The normalized spacial score (nSPS) is 12.2. The average Bonchev–Trinajstić information content (AvgIpc) is 2.65. The van der Waals surface area contributed by atoms with Crippen molar-refractivity contribution >= 4 is 56.5 Å². The molecule has 10 heteroatoms. The second-order valence-corrected chi connectivity index (χ2v) is 8.84. The van der Waals surface area contributed by atoms with Crippen LogP contribution in [0.1, 0.15) is 23.7 Å². The molecular formula is C19H20Cl2N2O5S. The summed E-state index contributed by atoms with van der Waals surface area (Å²) in [6.07, 6.45) is 1.21. The summed E-state index contributed by atoms with van der Waals surface area (Å²) in [5, 5.41) is 3.14. The number of benzene rings is 2. The number of carbonyl (C=O) groups is 2. The molecule has 2 aromatic carbocycles. The third-order valence-electron chi connectivity index (χ3n) is 4.03. The van der Waals surface area contributed by atoms with Crippen molar-refractivity contribution in [3.63, 3.8) is 0 Å². The lowest BCUT2D eigenvalue weighted by atomic mass is 10.1. The predicted molar refractivity (Wildman–Crippen MR) is 114 cm³/mol. The maximum atomic E-state index is 12.9. The van der Waals surface area contributed by atoms with E-state index in [0.717, 1.165) is 10.6 Å². The van der Waals surface area contributed by atoms with Crippen LogP contribution in [0.2, 0.25) is 10.0 Å². The van der Waals surface area contributed by atoms with Crippen molar-refractivity contribution in [3.05, 3.63) is 58.1 Å². The molecule has 1 amide bonds. The first-order chi connectivity index (χ1) is 13.6. The van der Waals surface area contributed by atoms with Gasteiger partial charge in [-0.15, -0.1) is 0 Å². The van der Waals surface area contributed by atoms with Crippen LogP contribution >= 0.6 is 23.2 Å². The van der Waals surface area contributed by atoms with E-state index >= 15 is 0 Å². The van der Waals surface area contributed by atoms with Crippen LogP contribution in [0.3, 0.4) is 0 Å². The molecule has 0 radical (unpaired) electrons. The minimum Gasteiger partial charge on any atom is -0.465 e. The van der Waals surface area contributed by atoms with Gasteiger partial charge in [0.15, 0.2) is 0 Å². The van der Waals surface area contributed by atoms with Crippen LogP contribution in [0.15, 0.2) is 42.5 Å². The van der Waals surface area contributed by atoms with Gasteiger partial charge < -0.3 is 10.1 Å². The lowest BCUT2D eigenvalue weighted by Gasteiger charge is -2.30. The highest BCUT2D eigenvalue weighted by molar-refractivity contribution is 7.92. The van der Waals surface area contributed by atoms with Gasteiger partial charge >= 0.3 is 5.97 Å². The Hall–Kier alpha value is -2.29. The summed E-state index contributed by atoms with van der Waals surface area (Å²) < 4.78 is 30.6. The maximum Gasteiger partial charge on any atom is 0.339 e. The minimum absolute atomic E-state index is 0.0785. The molecule has 156 valence electrons. The van der Waals surface area contributed by atoms with Crippen molar-refractivity contribution in [1.29, 1.82) is 0 Å². The zero-order chi connectivity index (χ0) is 21.8. The second kappa shape index (κ2) is 9.47. The Bertz CT molecular complexity index is 1030. The Balaban J connectivity index is 2.39. The number of nitrogens with one attached hydrogen (secondary N) is 1. The first-order valence-electron chi connectivity index (χ1n) is 8.52. The predicted octanol–water partition coefficient (Wildman–Crippen LogP) is 3.96. The van der Waals surface area contributed by atoms with E-state index in [4.69, 9.17) is 23.2 Å². The number of nitrogens with zero attached hydrogens (tertiary/aromatic N) is 1. The molecule has 0 fully saturated rings. The fourth-order valence-corrected chi connectivity index (χ4v) is 4.35. The van der Waals surface area contributed by atoms with Gasteiger partial charge in [-0.1, -0.05) is 36.2 Å². The number of halogens is 2. The van der Waals surface area contributed by atoms with Gasteiger partial charge in [0, 0.05) is 10.7 Å². The second-order valence-electron chi connectivity index (χ2n) is 6.14. The number of esters is 1. The molecule has 7 nitrogen and oxygen atoms in total. The lowest BCUT2D eigenvalue weighted by molar-refractivity contribution is -0.117. The van der Waals surface area contributed by atoms with Crippen LogP contribution < -0.4 is 9.62 Å². The van der Waals surface area contributed by atoms with Gasteiger partial charge in [-0.3, -0.25) is 9.10 Å². The molecule has 1 unspecified atom stereocenters. The molecule has 0 aromatic heterocycles. The third kappa shape index (κ3) is 5.62. The molecular weight excluding hydrogens is 439 g/mol. The van der Waals surface area contributed by atoms with Gasteiger partial charge in [0.1, 0.15) is 6.04 Å². The summed E-state index contributed by atoms with van der Waals surface area (Å²) in [4.78, 5) is 24.7. The van der Waals surface area contributed by atoms with Gasteiger partial charge in [0.2, 0.25) is 15.9 Å². The standard InChI is InChI=1S/C19H20Cl2N2O5S/c1-4-17(23(29(3,26)27)14-7-5-6-12(20)10-14)18(24)22-13-8-9-16(21)15(11-13)19(25)28-2/h5-11,17H,4H2,1-3H3,(H,22,24). The third-order valence-corrected chi connectivity index (χ3v) is 5.78. The summed E-state index contributed by atoms with van der Waals surface area (Å²) in [7, 11) is -2.58. The first-order valence-corrected chi connectivity index (χ1v) is 11.1. The lowest BCUT2D eigenvalue weighted by Crippen LogP contribution is -2.47. The number of hydrogen-bond donors (Lipinski definition) is 1. The number of sulfonamides is 1. The number of hydrogen-bond acceptors (Lipinski definition) is 5. The number of carbonyl (C=O) groups excluding carboxylic acids is 2. The fourth-order valence-electron chi connectivity index (χ4n) is 2.77. The van der Waals surface area contributed by atoms with E-state index in [1.54, 1.807) is 25.1 Å². The van der Waals surface area contributed by atoms with Crippen molar-refractivity contribution in [2.24, 2.45) is 0 Å². The Labute approximate surface area is 179 Å². The molecule has 0 saturated heterocycles. The van der Waals surface area contributed by atoms with Crippen LogP contribution in [-0.4, -0.2) is 39.7 Å². The zero-order valence-corrected chi connectivity index (χ0v) is 18.3. The number of ether oxygens (including phenoxy) is 1. The Kier molecular flexibility index (Phi) is 7.51. The molecule has 29 heavy (non-hydrogen) atoms. The van der Waals surface area contributed by atoms with Crippen molar-refractivity contribution in [2.45, 2.75) is 19.4 Å². The number of rotatable bonds is 7. The number of anilines is 2. The SMILES string of the molecule is CCC(C(=O)Nc1ccc(Cl)c(C(=O)OC)c1)N(c1cccc(Cl)c1)S(C)(=O)=O. The Morgan fingerprint density at radius 1 is 1.17 bits per heavy atom. The molecule has 1 N–H and O–H groups in total. The van der Waals surface area contributed by atoms with E-state index in [1.807, 2.05) is 0 Å². The summed E-state index contributed by atoms with van der Waals surface area (Å²) in [5.74, 6) is -1.23. The number of methoxy groups -OCH3 is 1. The van der Waals surface area contributed by atoms with Crippen LogP contribution in [0.4, 0.5) is 11.4 Å². The highest BCUT2D eigenvalue weighted by atomic mass is 35.5. The Morgan fingerprint density at radius 2 is 1.86 bits per heavy atom.